The summed E-state index contributed by atoms with van der Waals surface area (Å²) in [6, 6.07) is 1.88. The topological polar surface area (TPSA) is 69.0 Å². The van der Waals surface area contributed by atoms with Crippen LogP contribution in [0.15, 0.2) is 27.9 Å². The number of aryl methyl sites for hydroxylation is 1. The van der Waals surface area contributed by atoms with E-state index in [-0.39, 0.29) is 16.7 Å². The quantitative estimate of drug-likeness (QED) is 0.664. The number of hydrogen-bond donors (Lipinski definition) is 0. The van der Waals surface area contributed by atoms with Crippen LogP contribution in [0.2, 0.25) is 10.0 Å². The predicted molar refractivity (Wildman–Crippen MR) is 88.0 cm³/mol. The Hall–Kier alpha value is -1.72. The van der Waals surface area contributed by atoms with Gasteiger partial charge in [0.15, 0.2) is 9.84 Å². The van der Waals surface area contributed by atoms with Crippen molar-refractivity contribution in [2.24, 2.45) is 7.05 Å². The minimum absolute atomic E-state index is 0.264. The summed E-state index contributed by atoms with van der Waals surface area (Å²) in [6.07, 6.45) is -8.04. The summed E-state index contributed by atoms with van der Waals surface area (Å²) in [5.41, 5.74) is -3.49. The molecule has 0 N–H and O–H groups in total. The average Bonchev–Trinajstić information content (AvgIpc) is 2.47. The van der Waals surface area contributed by atoms with E-state index in [0.29, 0.717) is 4.68 Å². The molecule has 1 heterocycles. The Kier molecular flexibility index (Phi) is 5.88. The molecule has 0 saturated carbocycles. The second-order valence-corrected chi connectivity index (χ2v) is 8.12. The molecule has 0 atom stereocenters. The van der Waals surface area contributed by atoms with Gasteiger partial charge in [0.05, 0.1) is 14.9 Å². The molecule has 5 nitrogen and oxygen atoms in total. The van der Waals surface area contributed by atoms with E-state index < -0.39 is 54.9 Å². The fraction of sp³-hybridized carbons (Fsp3) is 0.286. The zero-order valence-electron chi connectivity index (χ0n) is 13.2. The minimum Gasteiger partial charge on any atom is -0.287 e. The van der Waals surface area contributed by atoms with Crippen LogP contribution in [-0.2, 0) is 23.1 Å². The monoisotopic (exact) mass is 450 g/mol. The van der Waals surface area contributed by atoms with Gasteiger partial charge in [-0.15, -0.1) is 0 Å². The van der Waals surface area contributed by atoms with Crippen molar-refractivity contribution in [1.82, 2.24) is 9.78 Å². The number of halogens is 7. The molecule has 0 bridgehead atoms. The SMILES string of the molecule is Cn1nc(-c2cc(S(=O)(=O)CC(F)F)c(Cl)cc2Cl)c(=O)cc1C(F)(F)F. The largest absolute Gasteiger partial charge is 0.433 e. The Labute approximate surface area is 159 Å². The van der Waals surface area contributed by atoms with Crippen molar-refractivity contribution in [3.05, 3.63) is 44.2 Å². The number of rotatable bonds is 4. The first-order valence-corrected chi connectivity index (χ1v) is 9.30. The van der Waals surface area contributed by atoms with Crippen LogP contribution in [0.5, 0.6) is 0 Å². The van der Waals surface area contributed by atoms with E-state index in [1.54, 1.807) is 0 Å². The molecule has 0 aliphatic rings. The number of sulfone groups is 1. The minimum atomic E-state index is -4.85. The van der Waals surface area contributed by atoms with Crippen molar-refractivity contribution in [1.29, 1.82) is 0 Å². The van der Waals surface area contributed by atoms with Crippen LogP contribution in [0.1, 0.15) is 5.69 Å². The van der Waals surface area contributed by atoms with E-state index in [4.69, 9.17) is 23.2 Å². The molecule has 2 aromatic rings. The summed E-state index contributed by atoms with van der Waals surface area (Å²) >= 11 is 11.7. The van der Waals surface area contributed by atoms with Gasteiger partial charge in [0.2, 0.25) is 5.43 Å². The summed E-state index contributed by atoms with van der Waals surface area (Å²) in [7, 11) is -3.63. The third-order valence-electron chi connectivity index (χ3n) is 3.35. The third-order valence-corrected chi connectivity index (χ3v) is 5.78. The molecule has 27 heavy (non-hydrogen) atoms. The van der Waals surface area contributed by atoms with Crippen LogP contribution in [0, 0.1) is 0 Å². The van der Waals surface area contributed by atoms with Crippen LogP contribution >= 0.6 is 23.2 Å². The smallest absolute Gasteiger partial charge is 0.287 e. The van der Waals surface area contributed by atoms with Gasteiger partial charge in [-0.05, 0) is 12.1 Å². The molecule has 2 rings (SSSR count). The lowest BCUT2D eigenvalue weighted by Crippen LogP contribution is -2.23. The highest BCUT2D eigenvalue weighted by Gasteiger charge is 2.35. The van der Waals surface area contributed by atoms with Crippen molar-refractivity contribution in [2.45, 2.75) is 17.5 Å². The summed E-state index contributed by atoms with van der Waals surface area (Å²) in [5.74, 6) is -1.54. The molecular formula is C14H9Cl2F5N2O3S. The van der Waals surface area contributed by atoms with E-state index in [2.05, 4.69) is 5.10 Å². The van der Waals surface area contributed by atoms with Crippen molar-refractivity contribution in [2.75, 3.05) is 5.75 Å². The fourth-order valence-corrected chi connectivity index (χ4v) is 4.19. The van der Waals surface area contributed by atoms with Crippen molar-refractivity contribution in [3.63, 3.8) is 0 Å². The first kappa shape index (κ1) is 21.6. The Morgan fingerprint density at radius 2 is 1.74 bits per heavy atom. The molecule has 0 radical (unpaired) electrons. The lowest BCUT2D eigenvalue weighted by atomic mass is 10.1. The van der Waals surface area contributed by atoms with Crippen LogP contribution in [0.3, 0.4) is 0 Å². The summed E-state index contributed by atoms with van der Waals surface area (Å²) in [4.78, 5) is 11.3. The van der Waals surface area contributed by atoms with Crippen LogP contribution in [0.4, 0.5) is 22.0 Å². The maximum absolute atomic E-state index is 12.8. The number of nitrogens with zero attached hydrogens (tertiary/aromatic N) is 2. The molecule has 148 valence electrons. The molecule has 0 fully saturated rings. The zero-order chi connectivity index (χ0) is 20.7. The van der Waals surface area contributed by atoms with Crippen molar-refractivity contribution < 1.29 is 30.4 Å². The zero-order valence-corrected chi connectivity index (χ0v) is 15.5. The van der Waals surface area contributed by atoms with Gasteiger partial charge in [0.1, 0.15) is 17.1 Å². The van der Waals surface area contributed by atoms with Crippen molar-refractivity contribution >= 4 is 33.0 Å². The van der Waals surface area contributed by atoms with Crippen LogP contribution < -0.4 is 5.43 Å². The Balaban J connectivity index is 2.73. The highest BCUT2D eigenvalue weighted by atomic mass is 35.5. The highest BCUT2D eigenvalue weighted by Crippen LogP contribution is 2.35. The third kappa shape index (κ3) is 4.58. The molecule has 0 aliphatic carbocycles. The lowest BCUT2D eigenvalue weighted by molar-refractivity contribution is -0.144. The standard InChI is InChI=1S/C14H9Cl2F5N2O3S/c1-23-11(14(19,20)21)4-9(24)13(22-23)6-2-10(8(16)3-7(6)15)27(25,26)5-12(17)18/h2-4,12H,5H2,1H3. The fourth-order valence-electron chi connectivity index (χ4n) is 2.20. The average molecular weight is 451 g/mol. The van der Waals surface area contributed by atoms with E-state index in [1.807, 2.05) is 0 Å². The van der Waals surface area contributed by atoms with Gasteiger partial charge < -0.3 is 0 Å². The van der Waals surface area contributed by atoms with Gasteiger partial charge in [0, 0.05) is 18.7 Å². The molecule has 0 amide bonds. The summed E-state index contributed by atoms with van der Waals surface area (Å²) < 4.78 is 88.0. The molecule has 1 aromatic heterocycles. The molecule has 0 aliphatic heterocycles. The summed E-state index contributed by atoms with van der Waals surface area (Å²) in [6.45, 7) is 0. The Morgan fingerprint density at radius 1 is 1.15 bits per heavy atom. The number of aromatic nitrogens is 2. The van der Waals surface area contributed by atoms with Crippen LogP contribution in [0.25, 0.3) is 11.3 Å². The molecule has 0 saturated heterocycles. The lowest BCUT2D eigenvalue weighted by Gasteiger charge is -2.14. The van der Waals surface area contributed by atoms with E-state index in [9.17, 15) is 35.2 Å². The highest BCUT2D eigenvalue weighted by molar-refractivity contribution is 7.91. The number of benzene rings is 1. The molecule has 0 unspecified atom stereocenters. The molecular weight excluding hydrogens is 442 g/mol. The maximum atomic E-state index is 12.8. The van der Waals surface area contributed by atoms with Gasteiger partial charge in [-0.1, -0.05) is 23.2 Å². The van der Waals surface area contributed by atoms with Crippen molar-refractivity contribution in [3.8, 4) is 11.3 Å². The number of alkyl halides is 5. The van der Waals surface area contributed by atoms with E-state index in [1.165, 1.54) is 0 Å². The Morgan fingerprint density at radius 3 is 2.26 bits per heavy atom. The molecule has 1 aromatic carbocycles. The molecule has 13 heteroatoms. The second kappa shape index (κ2) is 7.36. The first-order valence-electron chi connectivity index (χ1n) is 6.90. The van der Waals surface area contributed by atoms with Gasteiger partial charge in [-0.3, -0.25) is 9.48 Å². The normalized spacial score (nSPS) is 12.6. The van der Waals surface area contributed by atoms with Crippen LogP contribution in [-0.4, -0.2) is 30.4 Å². The maximum Gasteiger partial charge on any atom is 0.433 e. The first-order chi connectivity index (χ1) is 12.2. The van der Waals surface area contributed by atoms with E-state index >= 15 is 0 Å². The Bertz CT molecular complexity index is 1050. The molecule has 0 spiro atoms. The summed E-state index contributed by atoms with van der Waals surface area (Å²) in [5, 5.41) is 2.73. The van der Waals surface area contributed by atoms with Gasteiger partial charge >= 0.3 is 6.18 Å². The van der Waals surface area contributed by atoms with Gasteiger partial charge in [-0.25, -0.2) is 17.2 Å². The number of hydrogen-bond acceptors (Lipinski definition) is 4. The van der Waals surface area contributed by atoms with E-state index in [0.717, 1.165) is 19.2 Å². The second-order valence-electron chi connectivity index (χ2n) is 5.30. The predicted octanol–water partition coefficient (Wildman–Crippen LogP) is 3.81. The van der Waals surface area contributed by atoms with Gasteiger partial charge in [-0.2, -0.15) is 18.3 Å². The van der Waals surface area contributed by atoms with Gasteiger partial charge in [0.25, 0.3) is 6.43 Å².